The minimum Gasteiger partial charge on any atom is -0.357 e. The summed E-state index contributed by atoms with van der Waals surface area (Å²) in [5.74, 6) is 0.699. The molecule has 0 aliphatic carbocycles. The van der Waals surface area contributed by atoms with E-state index in [9.17, 15) is 9.59 Å². The van der Waals surface area contributed by atoms with Gasteiger partial charge < -0.3 is 10.2 Å². The van der Waals surface area contributed by atoms with E-state index in [4.69, 9.17) is 23.2 Å². The molecule has 0 aliphatic heterocycles. The van der Waals surface area contributed by atoms with Crippen LogP contribution in [0.2, 0.25) is 10.0 Å². The van der Waals surface area contributed by atoms with Crippen LogP contribution in [-0.4, -0.2) is 35.6 Å². The minimum atomic E-state index is -0.497. The Labute approximate surface area is 180 Å². The first-order chi connectivity index (χ1) is 13.5. The van der Waals surface area contributed by atoms with Gasteiger partial charge in [0.25, 0.3) is 0 Å². The first-order valence-corrected chi connectivity index (χ1v) is 10.9. The number of thioether (sulfide) groups is 1. The Balaban J connectivity index is 2.06. The maximum Gasteiger partial charge on any atom is 0.242 e. The lowest BCUT2D eigenvalue weighted by Gasteiger charge is -2.30. The van der Waals surface area contributed by atoms with Crippen LogP contribution in [-0.2, 0) is 21.9 Å². The Morgan fingerprint density at radius 2 is 1.79 bits per heavy atom. The Morgan fingerprint density at radius 1 is 1.07 bits per heavy atom. The van der Waals surface area contributed by atoms with E-state index < -0.39 is 6.04 Å². The van der Waals surface area contributed by atoms with Gasteiger partial charge in [-0.3, -0.25) is 9.59 Å². The van der Waals surface area contributed by atoms with E-state index in [1.807, 2.05) is 49.4 Å². The maximum absolute atomic E-state index is 13.0. The zero-order valence-corrected chi connectivity index (χ0v) is 18.3. The quantitative estimate of drug-likeness (QED) is 0.612. The number of nitrogens with zero attached hydrogens (tertiary/aromatic N) is 1. The molecule has 2 amide bonds. The fourth-order valence-corrected chi connectivity index (χ4v) is 4.01. The molecular formula is C21H24Cl2N2O2S. The van der Waals surface area contributed by atoms with Crippen molar-refractivity contribution >= 4 is 46.8 Å². The summed E-state index contributed by atoms with van der Waals surface area (Å²) in [6.45, 7) is 2.31. The van der Waals surface area contributed by atoms with E-state index in [0.717, 1.165) is 11.1 Å². The van der Waals surface area contributed by atoms with Gasteiger partial charge in [0.1, 0.15) is 6.04 Å². The van der Waals surface area contributed by atoms with Gasteiger partial charge in [0.05, 0.1) is 15.8 Å². The lowest BCUT2D eigenvalue weighted by Crippen LogP contribution is -2.48. The highest BCUT2D eigenvalue weighted by molar-refractivity contribution is 7.99. The normalized spacial score (nSPS) is 11.7. The van der Waals surface area contributed by atoms with Gasteiger partial charge >= 0.3 is 0 Å². The Kier molecular flexibility index (Phi) is 9.16. The van der Waals surface area contributed by atoms with Crippen LogP contribution in [0.5, 0.6) is 0 Å². The molecule has 0 heterocycles. The average Bonchev–Trinajstić information content (AvgIpc) is 2.70. The summed E-state index contributed by atoms with van der Waals surface area (Å²) >= 11 is 13.5. The minimum absolute atomic E-state index is 0.0654. The van der Waals surface area contributed by atoms with Crippen molar-refractivity contribution in [3.8, 4) is 0 Å². The molecule has 2 aromatic carbocycles. The van der Waals surface area contributed by atoms with Crippen molar-refractivity contribution < 1.29 is 9.59 Å². The highest BCUT2D eigenvalue weighted by Crippen LogP contribution is 2.25. The van der Waals surface area contributed by atoms with Crippen LogP contribution in [0.15, 0.2) is 48.5 Å². The van der Waals surface area contributed by atoms with E-state index >= 15 is 0 Å². The van der Waals surface area contributed by atoms with Crippen molar-refractivity contribution in [2.24, 2.45) is 0 Å². The number of amides is 2. The third-order valence-electron chi connectivity index (χ3n) is 4.31. The van der Waals surface area contributed by atoms with E-state index in [0.29, 0.717) is 28.8 Å². The van der Waals surface area contributed by atoms with E-state index in [1.54, 1.807) is 18.0 Å². The zero-order valence-electron chi connectivity index (χ0n) is 16.0. The molecule has 4 nitrogen and oxygen atoms in total. The molecule has 0 aromatic heterocycles. The van der Waals surface area contributed by atoms with Crippen molar-refractivity contribution in [1.82, 2.24) is 10.2 Å². The van der Waals surface area contributed by atoms with Crippen LogP contribution >= 0.6 is 35.0 Å². The highest BCUT2D eigenvalue weighted by atomic mass is 35.5. The maximum atomic E-state index is 13.0. The molecule has 0 spiro atoms. The molecule has 0 unspecified atom stereocenters. The van der Waals surface area contributed by atoms with Gasteiger partial charge in [0.2, 0.25) is 11.8 Å². The smallest absolute Gasteiger partial charge is 0.242 e. The van der Waals surface area contributed by atoms with E-state index in [2.05, 4.69) is 5.32 Å². The summed E-state index contributed by atoms with van der Waals surface area (Å²) in [6.07, 6.45) is 0.551. The second-order valence-electron chi connectivity index (χ2n) is 6.29. The SMILES string of the molecule is CC[C@@H](C(=O)NC)N(Cc1ccccc1)C(=O)CSCc1ccc(Cl)c(Cl)c1. The molecule has 2 aromatic rings. The van der Waals surface area contributed by atoms with Crippen molar-refractivity contribution in [2.45, 2.75) is 31.7 Å². The Morgan fingerprint density at radius 3 is 2.39 bits per heavy atom. The van der Waals surface area contributed by atoms with Gasteiger partial charge in [-0.15, -0.1) is 11.8 Å². The number of carbonyl (C=O) groups is 2. The molecule has 2 rings (SSSR count). The predicted octanol–water partition coefficient (Wildman–Crippen LogP) is 4.78. The predicted molar refractivity (Wildman–Crippen MR) is 118 cm³/mol. The molecule has 0 aliphatic rings. The van der Waals surface area contributed by atoms with Gasteiger partial charge in [0.15, 0.2) is 0 Å². The summed E-state index contributed by atoms with van der Waals surface area (Å²) in [6, 6.07) is 14.7. The number of likely N-dealkylation sites (N-methyl/N-ethyl adjacent to an activating group) is 1. The monoisotopic (exact) mass is 438 g/mol. The van der Waals surface area contributed by atoms with Crippen LogP contribution in [0.25, 0.3) is 0 Å². The largest absolute Gasteiger partial charge is 0.357 e. The lowest BCUT2D eigenvalue weighted by atomic mass is 10.1. The molecule has 0 radical (unpaired) electrons. The fraction of sp³-hybridized carbons (Fsp3) is 0.333. The highest BCUT2D eigenvalue weighted by Gasteiger charge is 2.27. The molecule has 1 N–H and O–H groups in total. The number of nitrogens with one attached hydrogen (secondary N) is 1. The van der Waals surface area contributed by atoms with Gasteiger partial charge in [-0.05, 0) is 29.7 Å². The molecule has 0 saturated carbocycles. The number of hydrogen-bond acceptors (Lipinski definition) is 3. The second-order valence-corrected chi connectivity index (χ2v) is 8.09. The summed E-state index contributed by atoms with van der Waals surface area (Å²) in [4.78, 5) is 26.9. The first-order valence-electron chi connectivity index (χ1n) is 9.03. The molecule has 0 fully saturated rings. The molecule has 28 heavy (non-hydrogen) atoms. The third-order valence-corrected chi connectivity index (χ3v) is 6.03. The van der Waals surface area contributed by atoms with Crippen molar-refractivity contribution in [2.75, 3.05) is 12.8 Å². The average molecular weight is 439 g/mol. The molecule has 0 bridgehead atoms. The zero-order chi connectivity index (χ0) is 20.5. The molecule has 7 heteroatoms. The van der Waals surface area contributed by atoms with Crippen LogP contribution in [0.3, 0.4) is 0 Å². The fourth-order valence-electron chi connectivity index (χ4n) is 2.83. The van der Waals surface area contributed by atoms with Crippen LogP contribution < -0.4 is 5.32 Å². The molecular weight excluding hydrogens is 415 g/mol. The molecule has 150 valence electrons. The van der Waals surface area contributed by atoms with E-state index in [1.165, 1.54) is 11.8 Å². The van der Waals surface area contributed by atoms with Gasteiger partial charge in [-0.2, -0.15) is 0 Å². The van der Waals surface area contributed by atoms with Gasteiger partial charge in [-0.25, -0.2) is 0 Å². The van der Waals surface area contributed by atoms with Crippen molar-refractivity contribution in [3.05, 3.63) is 69.7 Å². The number of rotatable bonds is 9. The summed E-state index contributed by atoms with van der Waals surface area (Å²) in [5, 5.41) is 3.68. The van der Waals surface area contributed by atoms with Crippen LogP contribution in [0.4, 0.5) is 0 Å². The summed E-state index contributed by atoms with van der Waals surface area (Å²) < 4.78 is 0. The number of halogens is 2. The summed E-state index contributed by atoms with van der Waals surface area (Å²) in [5.41, 5.74) is 1.99. The molecule has 1 atom stereocenters. The van der Waals surface area contributed by atoms with Gasteiger partial charge in [0, 0.05) is 19.3 Å². The van der Waals surface area contributed by atoms with Crippen LogP contribution in [0.1, 0.15) is 24.5 Å². The lowest BCUT2D eigenvalue weighted by molar-refractivity contribution is -0.139. The summed E-state index contributed by atoms with van der Waals surface area (Å²) in [7, 11) is 1.59. The van der Waals surface area contributed by atoms with Crippen molar-refractivity contribution in [1.29, 1.82) is 0 Å². The number of carbonyl (C=O) groups excluding carboxylic acids is 2. The van der Waals surface area contributed by atoms with E-state index in [-0.39, 0.29) is 17.6 Å². The third kappa shape index (κ3) is 6.43. The number of benzene rings is 2. The topological polar surface area (TPSA) is 49.4 Å². The Hall–Kier alpha value is -1.69. The standard InChI is InChI=1S/C21H24Cl2N2O2S/c1-3-19(21(27)24-2)25(12-15-7-5-4-6-8-15)20(26)14-28-13-16-9-10-17(22)18(23)11-16/h4-11,19H,3,12-14H2,1-2H3,(H,24,27)/t19-/m0/s1. The second kappa shape index (κ2) is 11.3. The molecule has 0 saturated heterocycles. The van der Waals surface area contributed by atoms with Crippen LogP contribution in [0, 0.1) is 0 Å². The first kappa shape index (κ1) is 22.6. The number of hydrogen-bond donors (Lipinski definition) is 1. The van der Waals surface area contributed by atoms with Crippen molar-refractivity contribution in [3.63, 3.8) is 0 Å². The van der Waals surface area contributed by atoms with Gasteiger partial charge in [-0.1, -0.05) is 66.5 Å². The Bertz CT molecular complexity index is 802.